The minimum absolute atomic E-state index is 0.117. The van der Waals surface area contributed by atoms with Gasteiger partial charge in [-0.05, 0) is 77.1 Å². The van der Waals surface area contributed by atoms with Crippen molar-refractivity contribution in [2.45, 2.75) is 63.7 Å². The minimum Gasteiger partial charge on any atom is -0.484 e. The molecular weight excluding hydrogens is 477 g/mol. The molecule has 1 aliphatic rings. The molecule has 190 valence electrons. The molecule has 1 unspecified atom stereocenters. The lowest BCUT2D eigenvalue weighted by atomic mass is 9.95. The molecule has 1 heterocycles. The van der Waals surface area contributed by atoms with Crippen LogP contribution in [0.2, 0.25) is 0 Å². The van der Waals surface area contributed by atoms with Gasteiger partial charge in [0.05, 0.1) is 22.7 Å². The van der Waals surface area contributed by atoms with Crippen LogP contribution in [-0.4, -0.2) is 44.2 Å². The van der Waals surface area contributed by atoms with Crippen molar-refractivity contribution in [1.29, 1.82) is 0 Å². The van der Waals surface area contributed by atoms with Gasteiger partial charge in [-0.3, -0.25) is 14.4 Å². The third-order valence-electron chi connectivity index (χ3n) is 5.18. The van der Waals surface area contributed by atoms with Crippen LogP contribution in [0.25, 0.3) is 0 Å². The summed E-state index contributed by atoms with van der Waals surface area (Å²) in [7, 11) is -4.16. The highest BCUT2D eigenvalue weighted by molar-refractivity contribution is 7.92. The Kier molecular flexibility index (Phi) is 7.03. The van der Waals surface area contributed by atoms with Gasteiger partial charge in [-0.1, -0.05) is 0 Å². The molecular formula is C24H30FN3O6S. The summed E-state index contributed by atoms with van der Waals surface area (Å²) < 4.78 is 53.2. The van der Waals surface area contributed by atoms with E-state index in [-0.39, 0.29) is 28.8 Å². The number of sulfonamides is 1. The summed E-state index contributed by atoms with van der Waals surface area (Å²) in [4.78, 5) is 23.9. The maximum Gasteiger partial charge on any atom is 0.412 e. The van der Waals surface area contributed by atoms with Crippen LogP contribution in [0.5, 0.6) is 5.75 Å². The van der Waals surface area contributed by atoms with Crippen LogP contribution in [0.1, 0.15) is 41.5 Å². The van der Waals surface area contributed by atoms with Crippen molar-refractivity contribution in [3.8, 4) is 5.75 Å². The van der Waals surface area contributed by atoms with Crippen molar-refractivity contribution in [2.24, 2.45) is 0 Å². The van der Waals surface area contributed by atoms with Crippen LogP contribution in [0.15, 0.2) is 47.4 Å². The number of hydrogen-bond acceptors (Lipinski definition) is 6. The second-order valence-corrected chi connectivity index (χ2v) is 11.7. The summed E-state index contributed by atoms with van der Waals surface area (Å²) >= 11 is 0. The number of rotatable bonds is 5. The number of anilines is 2. The number of nitrogens with one attached hydrogen (secondary N) is 2. The van der Waals surface area contributed by atoms with Crippen LogP contribution < -0.4 is 19.7 Å². The number of amides is 2. The first-order valence-corrected chi connectivity index (χ1v) is 12.4. The Labute approximate surface area is 204 Å². The molecule has 2 amide bonds. The van der Waals surface area contributed by atoms with E-state index in [1.807, 2.05) is 0 Å². The van der Waals surface area contributed by atoms with Gasteiger partial charge in [0, 0.05) is 12.6 Å². The van der Waals surface area contributed by atoms with E-state index in [4.69, 9.17) is 9.47 Å². The lowest BCUT2D eigenvalue weighted by Crippen LogP contribution is -2.60. The highest BCUT2D eigenvalue weighted by Crippen LogP contribution is 2.40. The third-order valence-corrected chi connectivity index (χ3v) is 6.97. The van der Waals surface area contributed by atoms with Crippen LogP contribution in [0, 0.1) is 5.82 Å². The molecule has 0 saturated heterocycles. The van der Waals surface area contributed by atoms with Gasteiger partial charge in [0.2, 0.25) is 5.91 Å². The summed E-state index contributed by atoms with van der Waals surface area (Å²) in [5.74, 6) is -0.630. The van der Waals surface area contributed by atoms with E-state index in [9.17, 15) is 22.4 Å². The van der Waals surface area contributed by atoms with E-state index in [0.717, 1.165) is 16.4 Å². The van der Waals surface area contributed by atoms with Crippen molar-refractivity contribution in [2.75, 3.05) is 16.2 Å². The molecule has 3 rings (SSSR count). The smallest absolute Gasteiger partial charge is 0.412 e. The maximum atomic E-state index is 13.6. The number of carbonyl (C=O) groups is 2. The van der Waals surface area contributed by atoms with Crippen molar-refractivity contribution >= 4 is 33.4 Å². The fourth-order valence-electron chi connectivity index (χ4n) is 3.62. The van der Waals surface area contributed by atoms with Crippen molar-refractivity contribution in [1.82, 2.24) is 5.32 Å². The molecule has 2 aromatic carbocycles. The number of carbonyl (C=O) groups excluding carboxylic acids is 2. The van der Waals surface area contributed by atoms with E-state index in [1.54, 1.807) is 40.7 Å². The minimum atomic E-state index is -4.16. The quantitative estimate of drug-likeness (QED) is 0.631. The zero-order chi connectivity index (χ0) is 26.2. The van der Waals surface area contributed by atoms with Gasteiger partial charge in [-0.25, -0.2) is 17.6 Å². The Morgan fingerprint density at radius 3 is 2.29 bits per heavy atom. The van der Waals surface area contributed by atoms with E-state index < -0.39 is 39.2 Å². The Morgan fingerprint density at radius 2 is 1.71 bits per heavy atom. The highest BCUT2D eigenvalue weighted by atomic mass is 32.2. The summed E-state index contributed by atoms with van der Waals surface area (Å²) in [6, 6.07) is 9.03. The largest absolute Gasteiger partial charge is 0.484 e. The molecule has 0 radical (unpaired) electrons. The van der Waals surface area contributed by atoms with Gasteiger partial charge in [0.1, 0.15) is 23.3 Å². The standard InChI is InChI=1S/C24H30FN3O6S/c1-15(29)27-24(5,6)21-14-28(35(31,32)18-10-7-16(25)8-11-18)19-13-17(9-12-20(19)33-21)26-22(30)34-23(2,3)4/h7-13,21H,14H2,1-6H3,(H,26,30)(H,27,29). The highest BCUT2D eigenvalue weighted by Gasteiger charge is 2.42. The van der Waals surface area contributed by atoms with E-state index in [1.165, 1.54) is 31.2 Å². The van der Waals surface area contributed by atoms with Gasteiger partial charge in [-0.2, -0.15) is 0 Å². The fourth-order valence-corrected chi connectivity index (χ4v) is 5.09. The molecule has 0 aliphatic carbocycles. The summed E-state index contributed by atoms with van der Waals surface area (Å²) in [6.07, 6.45) is -1.45. The average Bonchev–Trinajstić information content (AvgIpc) is 2.70. The van der Waals surface area contributed by atoms with Crippen LogP contribution in [-0.2, 0) is 19.6 Å². The molecule has 2 N–H and O–H groups in total. The lowest BCUT2D eigenvalue weighted by molar-refractivity contribution is -0.121. The molecule has 0 spiro atoms. The Bertz CT molecular complexity index is 1220. The third kappa shape index (κ3) is 6.21. The van der Waals surface area contributed by atoms with Gasteiger partial charge < -0.3 is 14.8 Å². The molecule has 11 heteroatoms. The monoisotopic (exact) mass is 507 g/mol. The Hall–Kier alpha value is -3.34. The number of halogens is 1. The van der Waals surface area contributed by atoms with Gasteiger partial charge >= 0.3 is 6.09 Å². The number of hydrogen-bond donors (Lipinski definition) is 2. The topological polar surface area (TPSA) is 114 Å². The number of nitrogens with zero attached hydrogens (tertiary/aromatic N) is 1. The summed E-state index contributed by atoms with van der Waals surface area (Å²) in [5, 5.41) is 5.38. The molecule has 1 atom stereocenters. The summed E-state index contributed by atoms with van der Waals surface area (Å²) in [5.41, 5.74) is -1.17. The molecule has 0 aromatic heterocycles. The molecule has 35 heavy (non-hydrogen) atoms. The van der Waals surface area contributed by atoms with Crippen LogP contribution in [0.3, 0.4) is 0 Å². The molecule has 0 bridgehead atoms. The van der Waals surface area contributed by atoms with Gasteiger partial charge in [-0.15, -0.1) is 0 Å². The predicted octanol–water partition coefficient (Wildman–Crippen LogP) is 4.04. The van der Waals surface area contributed by atoms with Crippen molar-refractivity contribution < 1.29 is 31.9 Å². The van der Waals surface area contributed by atoms with E-state index in [2.05, 4.69) is 10.6 Å². The van der Waals surface area contributed by atoms with Gasteiger partial charge in [0.15, 0.2) is 0 Å². The van der Waals surface area contributed by atoms with Gasteiger partial charge in [0.25, 0.3) is 10.0 Å². The van der Waals surface area contributed by atoms with E-state index in [0.29, 0.717) is 5.69 Å². The van der Waals surface area contributed by atoms with Crippen molar-refractivity contribution in [3.05, 3.63) is 48.3 Å². The number of benzene rings is 2. The normalized spacial score (nSPS) is 16.1. The van der Waals surface area contributed by atoms with Crippen LogP contribution >= 0.6 is 0 Å². The SMILES string of the molecule is CC(=O)NC(C)(C)C1CN(S(=O)(=O)c2ccc(F)cc2)c2cc(NC(=O)OC(C)(C)C)ccc2O1. The predicted molar refractivity (Wildman–Crippen MR) is 130 cm³/mol. The Balaban J connectivity index is 2.05. The fraction of sp³-hybridized carbons (Fsp3) is 0.417. The van der Waals surface area contributed by atoms with E-state index >= 15 is 0 Å². The maximum absolute atomic E-state index is 13.6. The average molecular weight is 508 g/mol. The second-order valence-electron chi connectivity index (χ2n) is 9.81. The molecule has 2 aromatic rings. The number of fused-ring (bicyclic) bond motifs is 1. The molecule has 0 fully saturated rings. The first-order valence-electron chi connectivity index (χ1n) is 11.0. The summed E-state index contributed by atoms with van der Waals surface area (Å²) in [6.45, 7) is 9.84. The second kappa shape index (κ2) is 9.37. The van der Waals surface area contributed by atoms with Crippen molar-refractivity contribution in [3.63, 3.8) is 0 Å². The lowest BCUT2D eigenvalue weighted by Gasteiger charge is -2.42. The zero-order valence-corrected chi connectivity index (χ0v) is 21.3. The zero-order valence-electron chi connectivity index (χ0n) is 20.5. The first kappa shape index (κ1) is 26.3. The Morgan fingerprint density at radius 1 is 1.09 bits per heavy atom. The first-order chi connectivity index (χ1) is 16.1. The molecule has 1 aliphatic heterocycles. The number of ether oxygens (including phenoxy) is 2. The van der Waals surface area contributed by atoms with Crippen LogP contribution in [0.4, 0.5) is 20.6 Å². The molecule has 9 nitrogen and oxygen atoms in total. The molecule has 0 saturated carbocycles.